The number of hydrogen-bond acceptors (Lipinski definition) is 5. The van der Waals surface area contributed by atoms with E-state index in [9.17, 15) is 4.79 Å². The van der Waals surface area contributed by atoms with Crippen LogP contribution in [0.1, 0.15) is 12.0 Å². The van der Waals surface area contributed by atoms with Crippen LogP contribution in [0, 0.1) is 0 Å². The van der Waals surface area contributed by atoms with Crippen LogP contribution < -0.4 is 15.0 Å². The lowest BCUT2D eigenvalue weighted by atomic mass is 10.2. The van der Waals surface area contributed by atoms with E-state index in [1.807, 2.05) is 44.4 Å². The van der Waals surface area contributed by atoms with Gasteiger partial charge in [-0.05, 0) is 42.0 Å². The van der Waals surface area contributed by atoms with Crippen LogP contribution in [-0.4, -0.2) is 42.6 Å². The summed E-state index contributed by atoms with van der Waals surface area (Å²) in [7, 11) is 5.68. The molecule has 1 amide bonds. The Hall–Kier alpha value is -2.93. The Labute approximate surface area is 175 Å². The van der Waals surface area contributed by atoms with Gasteiger partial charge in [0, 0.05) is 42.9 Å². The summed E-state index contributed by atoms with van der Waals surface area (Å²) < 4.78 is 6.96. The Morgan fingerprint density at radius 2 is 1.83 bits per heavy atom. The summed E-state index contributed by atoms with van der Waals surface area (Å²) in [4.78, 5) is 15.5. The third-order valence-electron chi connectivity index (χ3n) is 4.43. The molecule has 0 fully saturated rings. The number of amides is 1. The van der Waals surface area contributed by atoms with Gasteiger partial charge < -0.3 is 15.0 Å². The fraction of sp³-hybridized carbons (Fsp3) is 0.273. The molecule has 7 heteroatoms. The third-order valence-corrected chi connectivity index (χ3v) is 5.44. The molecule has 0 aliphatic carbocycles. The lowest BCUT2D eigenvalue weighted by Crippen LogP contribution is -2.16. The number of aromatic nitrogens is 2. The number of thioether (sulfide) groups is 1. The summed E-state index contributed by atoms with van der Waals surface area (Å²) in [5, 5.41) is 7.31. The quantitative estimate of drug-likeness (QED) is 0.538. The zero-order valence-electron chi connectivity index (χ0n) is 17.0. The second kappa shape index (κ2) is 10.0. The summed E-state index contributed by atoms with van der Waals surface area (Å²) in [5.41, 5.74) is 2.28. The van der Waals surface area contributed by atoms with Gasteiger partial charge in [0.25, 0.3) is 0 Å². The predicted octanol–water partition coefficient (Wildman–Crippen LogP) is 4.13. The minimum absolute atomic E-state index is 0.0179. The maximum Gasteiger partial charge on any atom is 0.226 e. The number of nitrogens with one attached hydrogen (secondary N) is 1. The van der Waals surface area contributed by atoms with Crippen molar-refractivity contribution in [1.82, 2.24) is 9.78 Å². The number of anilines is 2. The molecular formula is C22H26N4O2S. The van der Waals surface area contributed by atoms with Crippen molar-refractivity contribution in [2.75, 3.05) is 37.2 Å². The number of carbonyl (C=O) groups excluding carboxylic acids is 1. The van der Waals surface area contributed by atoms with Gasteiger partial charge in [0.1, 0.15) is 11.6 Å². The Morgan fingerprint density at radius 1 is 1.10 bits per heavy atom. The summed E-state index contributed by atoms with van der Waals surface area (Å²) in [6.07, 6.45) is 2.13. The molecule has 0 aliphatic heterocycles. The fourth-order valence-corrected chi connectivity index (χ4v) is 3.63. The van der Waals surface area contributed by atoms with Crippen LogP contribution in [0.5, 0.6) is 5.75 Å². The van der Waals surface area contributed by atoms with Crippen LogP contribution in [0.2, 0.25) is 0 Å². The van der Waals surface area contributed by atoms with Gasteiger partial charge in [-0.25, -0.2) is 4.68 Å². The van der Waals surface area contributed by atoms with E-state index in [0.29, 0.717) is 24.5 Å². The molecule has 152 valence electrons. The fourth-order valence-electron chi connectivity index (χ4n) is 2.78. The first-order valence-electron chi connectivity index (χ1n) is 9.40. The number of benzene rings is 2. The van der Waals surface area contributed by atoms with E-state index < -0.39 is 0 Å². The molecule has 6 nitrogen and oxygen atoms in total. The van der Waals surface area contributed by atoms with Gasteiger partial charge in [-0.15, -0.1) is 11.8 Å². The zero-order valence-corrected chi connectivity index (χ0v) is 17.8. The van der Waals surface area contributed by atoms with Crippen molar-refractivity contribution in [3.05, 3.63) is 66.4 Å². The van der Waals surface area contributed by atoms with Gasteiger partial charge in [-0.1, -0.05) is 12.1 Å². The van der Waals surface area contributed by atoms with E-state index in [2.05, 4.69) is 39.6 Å². The van der Waals surface area contributed by atoms with E-state index >= 15 is 0 Å². The lowest BCUT2D eigenvalue weighted by Gasteiger charge is -2.13. The Balaban J connectivity index is 1.50. The molecule has 0 saturated carbocycles. The van der Waals surface area contributed by atoms with E-state index in [1.54, 1.807) is 29.8 Å². The van der Waals surface area contributed by atoms with E-state index in [1.165, 1.54) is 0 Å². The van der Waals surface area contributed by atoms with Crippen molar-refractivity contribution < 1.29 is 9.53 Å². The number of rotatable bonds is 9. The molecule has 0 aliphatic rings. The van der Waals surface area contributed by atoms with Crippen molar-refractivity contribution >= 4 is 29.2 Å². The molecule has 0 radical (unpaired) electrons. The minimum atomic E-state index is -0.0179. The average Bonchev–Trinajstić information content (AvgIpc) is 3.15. The third kappa shape index (κ3) is 6.02. The molecule has 2 aromatic carbocycles. The zero-order chi connectivity index (χ0) is 20.6. The predicted molar refractivity (Wildman–Crippen MR) is 119 cm³/mol. The number of ether oxygens (including phenoxy) is 1. The number of methoxy groups -OCH3 is 1. The molecule has 0 saturated heterocycles. The first-order chi connectivity index (χ1) is 14.0. The summed E-state index contributed by atoms with van der Waals surface area (Å²) in [6.45, 7) is 0.608. The highest BCUT2D eigenvalue weighted by Gasteiger charge is 2.08. The standard InChI is InChI=1S/C22H26N4O2S/c1-25(2)18-6-4-17(5-7-18)16-26-21(12-14-23-26)24-22(27)13-15-29-20-10-8-19(28-3)9-11-20/h4-12,14H,13,15-16H2,1-3H3,(H,24,27). The van der Waals surface area contributed by atoms with Crippen molar-refractivity contribution in [3.63, 3.8) is 0 Å². The van der Waals surface area contributed by atoms with E-state index in [4.69, 9.17) is 4.74 Å². The first-order valence-corrected chi connectivity index (χ1v) is 10.4. The average molecular weight is 411 g/mol. The molecule has 29 heavy (non-hydrogen) atoms. The summed E-state index contributed by atoms with van der Waals surface area (Å²) in [5.74, 6) is 2.23. The van der Waals surface area contributed by atoms with Gasteiger partial charge in [-0.2, -0.15) is 5.10 Å². The lowest BCUT2D eigenvalue weighted by molar-refractivity contribution is -0.115. The maximum absolute atomic E-state index is 12.3. The monoisotopic (exact) mass is 410 g/mol. The van der Waals surface area contributed by atoms with E-state index in [-0.39, 0.29) is 5.91 Å². The smallest absolute Gasteiger partial charge is 0.226 e. The molecule has 0 unspecified atom stereocenters. The first kappa shape index (κ1) is 20.8. The van der Waals surface area contributed by atoms with Crippen LogP contribution in [-0.2, 0) is 11.3 Å². The Kier molecular flexibility index (Phi) is 7.19. The molecule has 1 N–H and O–H groups in total. The summed E-state index contributed by atoms with van der Waals surface area (Å²) >= 11 is 1.65. The van der Waals surface area contributed by atoms with Crippen LogP contribution in [0.25, 0.3) is 0 Å². The highest BCUT2D eigenvalue weighted by molar-refractivity contribution is 7.99. The number of carbonyl (C=O) groups is 1. The van der Waals surface area contributed by atoms with Crippen molar-refractivity contribution in [2.24, 2.45) is 0 Å². The van der Waals surface area contributed by atoms with Crippen molar-refractivity contribution in [2.45, 2.75) is 17.9 Å². The SMILES string of the molecule is COc1ccc(SCCC(=O)Nc2ccnn2Cc2ccc(N(C)C)cc2)cc1. The molecule has 3 rings (SSSR count). The van der Waals surface area contributed by atoms with Crippen LogP contribution in [0.4, 0.5) is 11.5 Å². The van der Waals surface area contributed by atoms with Gasteiger partial charge in [0.2, 0.25) is 5.91 Å². The maximum atomic E-state index is 12.3. The van der Waals surface area contributed by atoms with Gasteiger partial charge in [0.15, 0.2) is 0 Å². The van der Waals surface area contributed by atoms with E-state index in [0.717, 1.165) is 21.9 Å². The van der Waals surface area contributed by atoms with Crippen LogP contribution >= 0.6 is 11.8 Å². The molecule has 0 bridgehead atoms. The van der Waals surface area contributed by atoms with Gasteiger partial charge in [0.05, 0.1) is 19.9 Å². The molecule has 1 aromatic heterocycles. The number of hydrogen-bond donors (Lipinski definition) is 1. The number of nitrogens with zero attached hydrogens (tertiary/aromatic N) is 3. The Morgan fingerprint density at radius 3 is 2.48 bits per heavy atom. The topological polar surface area (TPSA) is 59.4 Å². The normalized spacial score (nSPS) is 10.6. The van der Waals surface area contributed by atoms with Crippen molar-refractivity contribution in [3.8, 4) is 5.75 Å². The highest BCUT2D eigenvalue weighted by atomic mass is 32.2. The van der Waals surface area contributed by atoms with Gasteiger partial charge in [-0.3, -0.25) is 4.79 Å². The second-order valence-electron chi connectivity index (χ2n) is 6.76. The molecule has 1 heterocycles. The second-order valence-corrected chi connectivity index (χ2v) is 7.93. The van der Waals surface area contributed by atoms with Crippen LogP contribution in [0.15, 0.2) is 65.7 Å². The van der Waals surface area contributed by atoms with Crippen molar-refractivity contribution in [1.29, 1.82) is 0 Å². The minimum Gasteiger partial charge on any atom is -0.497 e. The molecular weight excluding hydrogens is 384 g/mol. The van der Waals surface area contributed by atoms with Gasteiger partial charge >= 0.3 is 0 Å². The summed E-state index contributed by atoms with van der Waals surface area (Å²) in [6, 6.07) is 18.0. The highest BCUT2D eigenvalue weighted by Crippen LogP contribution is 2.22. The largest absolute Gasteiger partial charge is 0.497 e. The molecule has 0 spiro atoms. The molecule has 3 aromatic rings. The van der Waals surface area contributed by atoms with Crippen LogP contribution in [0.3, 0.4) is 0 Å². The molecule has 0 atom stereocenters. The Bertz CT molecular complexity index is 921.